The molecule has 1 N–H and O–H groups in total. The SMILES string of the molecule is CCC(C)CC(CC)NC1CCOC(C)(C)C1. The van der Waals surface area contributed by atoms with Crippen LogP contribution in [0.4, 0.5) is 0 Å². The molecule has 0 aromatic heterocycles. The van der Waals surface area contributed by atoms with Crippen molar-refractivity contribution in [3.63, 3.8) is 0 Å². The topological polar surface area (TPSA) is 21.3 Å². The van der Waals surface area contributed by atoms with Crippen LogP contribution in [0, 0.1) is 5.92 Å². The summed E-state index contributed by atoms with van der Waals surface area (Å²) in [5.41, 5.74) is 0.0601. The average molecular weight is 241 g/mol. The number of nitrogens with one attached hydrogen (secondary N) is 1. The maximum Gasteiger partial charge on any atom is 0.0641 e. The van der Waals surface area contributed by atoms with Gasteiger partial charge in [-0.15, -0.1) is 0 Å². The van der Waals surface area contributed by atoms with Crippen LogP contribution in [0.1, 0.15) is 66.7 Å². The van der Waals surface area contributed by atoms with Crippen molar-refractivity contribution in [2.24, 2.45) is 5.92 Å². The fourth-order valence-corrected chi connectivity index (χ4v) is 2.71. The number of rotatable bonds is 6. The first-order valence-electron chi connectivity index (χ1n) is 7.36. The number of ether oxygens (including phenoxy) is 1. The van der Waals surface area contributed by atoms with Gasteiger partial charge in [0, 0.05) is 18.7 Å². The van der Waals surface area contributed by atoms with E-state index in [0.29, 0.717) is 12.1 Å². The third-order valence-electron chi connectivity index (χ3n) is 4.05. The first-order chi connectivity index (χ1) is 7.96. The van der Waals surface area contributed by atoms with Gasteiger partial charge in [0.1, 0.15) is 0 Å². The van der Waals surface area contributed by atoms with Gasteiger partial charge in [0.05, 0.1) is 5.60 Å². The van der Waals surface area contributed by atoms with Gasteiger partial charge in [-0.25, -0.2) is 0 Å². The molecule has 0 saturated carbocycles. The third kappa shape index (κ3) is 5.39. The van der Waals surface area contributed by atoms with Crippen molar-refractivity contribution in [1.29, 1.82) is 0 Å². The van der Waals surface area contributed by atoms with Crippen LogP contribution < -0.4 is 5.32 Å². The predicted octanol–water partition coefficient (Wildman–Crippen LogP) is 3.75. The molecule has 0 bridgehead atoms. The second-order valence-corrected chi connectivity index (χ2v) is 6.32. The fraction of sp³-hybridized carbons (Fsp3) is 1.00. The molecule has 2 nitrogen and oxygen atoms in total. The predicted molar refractivity (Wildman–Crippen MR) is 74.3 cm³/mol. The molecule has 1 rings (SSSR count). The lowest BCUT2D eigenvalue weighted by Crippen LogP contribution is -2.47. The number of hydrogen-bond donors (Lipinski definition) is 1. The molecule has 2 heteroatoms. The fourth-order valence-electron chi connectivity index (χ4n) is 2.71. The van der Waals surface area contributed by atoms with Gasteiger partial charge in [-0.3, -0.25) is 0 Å². The molecule has 3 atom stereocenters. The van der Waals surface area contributed by atoms with Crippen molar-refractivity contribution < 1.29 is 4.74 Å². The molecule has 17 heavy (non-hydrogen) atoms. The van der Waals surface area contributed by atoms with Crippen LogP contribution in [0.5, 0.6) is 0 Å². The van der Waals surface area contributed by atoms with E-state index in [1.54, 1.807) is 0 Å². The summed E-state index contributed by atoms with van der Waals surface area (Å²) in [5.74, 6) is 0.834. The Bertz CT molecular complexity index is 215. The minimum atomic E-state index is 0.0601. The molecular weight excluding hydrogens is 210 g/mol. The van der Waals surface area contributed by atoms with Gasteiger partial charge in [-0.2, -0.15) is 0 Å². The highest BCUT2D eigenvalue weighted by atomic mass is 16.5. The van der Waals surface area contributed by atoms with E-state index in [9.17, 15) is 0 Å². The molecule has 1 aliphatic heterocycles. The molecule has 0 aliphatic carbocycles. The summed E-state index contributed by atoms with van der Waals surface area (Å²) in [6.07, 6.45) is 6.15. The highest BCUT2D eigenvalue weighted by Gasteiger charge is 2.29. The molecule has 0 aromatic rings. The lowest BCUT2D eigenvalue weighted by Gasteiger charge is -2.38. The summed E-state index contributed by atoms with van der Waals surface area (Å²) in [6, 6.07) is 1.33. The Morgan fingerprint density at radius 1 is 1.29 bits per heavy atom. The zero-order valence-corrected chi connectivity index (χ0v) is 12.4. The standard InChI is InChI=1S/C15H31NO/c1-6-12(3)10-13(7-2)16-14-8-9-17-15(4,5)11-14/h12-14,16H,6-11H2,1-5H3. The molecule has 102 valence electrons. The Hall–Kier alpha value is -0.0800. The first-order valence-corrected chi connectivity index (χ1v) is 7.36. The maximum atomic E-state index is 5.77. The Morgan fingerprint density at radius 3 is 2.53 bits per heavy atom. The van der Waals surface area contributed by atoms with Crippen molar-refractivity contribution in [3.05, 3.63) is 0 Å². The quantitative estimate of drug-likeness (QED) is 0.764. The Morgan fingerprint density at radius 2 is 2.00 bits per heavy atom. The van der Waals surface area contributed by atoms with Gasteiger partial charge in [-0.05, 0) is 45.4 Å². The van der Waals surface area contributed by atoms with Gasteiger partial charge < -0.3 is 10.1 Å². The van der Waals surface area contributed by atoms with E-state index >= 15 is 0 Å². The summed E-state index contributed by atoms with van der Waals surface area (Å²) < 4.78 is 5.77. The normalized spacial score (nSPS) is 27.7. The molecule has 1 heterocycles. The zero-order chi connectivity index (χ0) is 12.9. The molecule has 1 aliphatic rings. The van der Waals surface area contributed by atoms with Crippen molar-refractivity contribution in [2.45, 2.75) is 84.4 Å². The van der Waals surface area contributed by atoms with E-state index in [1.165, 1.54) is 25.7 Å². The summed E-state index contributed by atoms with van der Waals surface area (Å²) in [6.45, 7) is 12.3. The molecule has 0 spiro atoms. The van der Waals surface area contributed by atoms with Crippen LogP contribution in [0.2, 0.25) is 0 Å². The van der Waals surface area contributed by atoms with E-state index in [4.69, 9.17) is 4.74 Å². The minimum Gasteiger partial charge on any atom is -0.375 e. The summed E-state index contributed by atoms with van der Waals surface area (Å²) in [4.78, 5) is 0. The molecule has 0 radical (unpaired) electrons. The largest absolute Gasteiger partial charge is 0.375 e. The second-order valence-electron chi connectivity index (χ2n) is 6.32. The molecule has 3 unspecified atom stereocenters. The highest BCUT2D eigenvalue weighted by Crippen LogP contribution is 2.25. The first kappa shape index (κ1) is 15.0. The molecule has 0 aromatic carbocycles. The van der Waals surface area contributed by atoms with Crippen LogP contribution in [0.25, 0.3) is 0 Å². The smallest absolute Gasteiger partial charge is 0.0641 e. The van der Waals surface area contributed by atoms with Crippen LogP contribution in [-0.4, -0.2) is 24.3 Å². The maximum absolute atomic E-state index is 5.77. The van der Waals surface area contributed by atoms with Crippen molar-refractivity contribution >= 4 is 0 Å². The van der Waals surface area contributed by atoms with Crippen molar-refractivity contribution in [2.75, 3.05) is 6.61 Å². The second kappa shape index (κ2) is 6.75. The van der Waals surface area contributed by atoms with E-state index in [1.807, 2.05) is 0 Å². The lowest BCUT2D eigenvalue weighted by atomic mass is 9.91. The summed E-state index contributed by atoms with van der Waals surface area (Å²) >= 11 is 0. The van der Waals surface area contributed by atoms with E-state index in [2.05, 4.69) is 39.9 Å². The van der Waals surface area contributed by atoms with Gasteiger partial charge in [0.2, 0.25) is 0 Å². The third-order valence-corrected chi connectivity index (χ3v) is 4.05. The Balaban J connectivity index is 2.39. The van der Waals surface area contributed by atoms with Crippen LogP contribution in [0.3, 0.4) is 0 Å². The minimum absolute atomic E-state index is 0.0601. The van der Waals surface area contributed by atoms with Crippen LogP contribution in [-0.2, 0) is 4.74 Å². The Labute approximate surface area is 108 Å². The van der Waals surface area contributed by atoms with E-state index in [0.717, 1.165) is 18.9 Å². The van der Waals surface area contributed by atoms with Crippen molar-refractivity contribution in [1.82, 2.24) is 5.32 Å². The Kier molecular flexibility index (Phi) is 5.94. The van der Waals surface area contributed by atoms with Gasteiger partial charge in [-0.1, -0.05) is 27.2 Å². The average Bonchev–Trinajstić information content (AvgIpc) is 2.26. The summed E-state index contributed by atoms with van der Waals surface area (Å²) in [7, 11) is 0. The molecule has 1 fully saturated rings. The molecule has 1 saturated heterocycles. The monoisotopic (exact) mass is 241 g/mol. The van der Waals surface area contributed by atoms with Gasteiger partial charge in [0.25, 0.3) is 0 Å². The van der Waals surface area contributed by atoms with Gasteiger partial charge >= 0.3 is 0 Å². The van der Waals surface area contributed by atoms with E-state index in [-0.39, 0.29) is 5.60 Å². The lowest BCUT2D eigenvalue weighted by molar-refractivity contribution is -0.0644. The van der Waals surface area contributed by atoms with Gasteiger partial charge in [0.15, 0.2) is 0 Å². The zero-order valence-electron chi connectivity index (χ0n) is 12.4. The molecular formula is C15H31NO. The molecule has 0 amide bonds. The van der Waals surface area contributed by atoms with E-state index < -0.39 is 0 Å². The number of hydrogen-bond acceptors (Lipinski definition) is 2. The summed E-state index contributed by atoms with van der Waals surface area (Å²) in [5, 5.41) is 3.85. The van der Waals surface area contributed by atoms with Crippen LogP contribution in [0.15, 0.2) is 0 Å². The highest BCUT2D eigenvalue weighted by molar-refractivity contribution is 4.85. The van der Waals surface area contributed by atoms with Crippen molar-refractivity contribution in [3.8, 4) is 0 Å². The van der Waals surface area contributed by atoms with Crippen LogP contribution >= 0.6 is 0 Å².